The molecule has 1 atom stereocenters. The molecule has 2 aromatic heterocycles. The molecule has 14 heavy (non-hydrogen) atoms. The minimum Gasteiger partial charge on any atom is -0.441 e. The van der Waals surface area contributed by atoms with Crippen molar-refractivity contribution in [3.8, 4) is 0 Å². The van der Waals surface area contributed by atoms with Crippen LogP contribution in [0.4, 0.5) is 0 Å². The van der Waals surface area contributed by atoms with Crippen molar-refractivity contribution in [3.05, 3.63) is 17.8 Å². The van der Waals surface area contributed by atoms with Crippen LogP contribution in [0.25, 0.3) is 11.1 Å². The van der Waals surface area contributed by atoms with E-state index in [4.69, 9.17) is 4.42 Å². The summed E-state index contributed by atoms with van der Waals surface area (Å²) in [6.45, 7) is 6.12. The molecule has 2 rings (SSSR count). The quantitative estimate of drug-likeness (QED) is 0.731. The summed E-state index contributed by atoms with van der Waals surface area (Å²) in [5.74, 6) is 0.371. The first-order chi connectivity index (χ1) is 6.74. The third-order valence-corrected chi connectivity index (χ3v) is 2.53. The van der Waals surface area contributed by atoms with Gasteiger partial charge in [0.2, 0.25) is 0 Å². The Balaban J connectivity index is 2.66. The Kier molecular flexibility index (Phi) is 2.19. The molecule has 0 bridgehead atoms. The van der Waals surface area contributed by atoms with Crippen LogP contribution in [0.3, 0.4) is 0 Å². The zero-order valence-electron chi connectivity index (χ0n) is 8.61. The van der Waals surface area contributed by atoms with Gasteiger partial charge in [-0.25, -0.2) is 4.98 Å². The largest absolute Gasteiger partial charge is 0.441 e. The second-order valence-electron chi connectivity index (χ2n) is 3.51. The van der Waals surface area contributed by atoms with E-state index in [1.807, 2.05) is 6.92 Å². The minimum absolute atomic E-state index is 0.371. The lowest BCUT2D eigenvalue weighted by atomic mass is 10.0. The van der Waals surface area contributed by atoms with E-state index >= 15 is 0 Å². The Morgan fingerprint density at radius 3 is 2.93 bits per heavy atom. The number of hydrogen-bond acceptors (Lipinski definition) is 4. The number of oxazole rings is 1. The van der Waals surface area contributed by atoms with Gasteiger partial charge in [0.1, 0.15) is 11.2 Å². The molecule has 0 saturated heterocycles. The average Bonchev–Trinajstić information content (AvgIpc) is 2.67. The second kappa shape index (κ2) is 3.36. The highest BCUT2D eigenvalue weighted by atomic mass is 16.3. The van der Waals surface area contributed by atoms with Gasteiger partial charge < -0.3 is 4.42 Å². The molecule has 0 amide bonds. The molecule has 0 radical (unpaired) electrons. The first kappa shape index (κ1) is 9.12. The Bertz CT molecular complexity index is 450. The van der Waals surface area contributed by atoms with E-state index in [2.05, 4.69) is 29.0 Å². The monoisotopic (exact) mass is 191 g/mol. The zero-order chi connectivity index (χ0) is 10.1. The van der Waals surface area contributed by atoms with Crippen LogP contribution in [0.5, 0.6) is 0 Å². The fourth-order valence-electron chi connectivity index (χ4n) is 1.43. The Labute approximate surface area is 82.4 Å². The minimum atomic E-state index is 0.371. The SMILES string of the molecule is CCC(C)c1nnc(C)c2ocnc12. The molecule has 74 valence electrons. The number of fused-ring (bicyclic) bond motifs is 1. The maximum Gasteiger partial charge on any atom is 0.182 e. The number of aryl methyl sites for hydroxylation is 1. The topological polar surface area (TPSA) is 51.8 Å². The highest BCUT2D eigenvalue weighted by Crippen LogP contribution is 2.24. The Morgan fingerprint density at radius 2 is 2.21 bits per heavy atom. The van der Waals surface area contributed by atoms with Crippen molar-refractivity contribution < 1.29 is 4.42 Å². The van der Waals surface area contributed by atoms with Gasteiger partial charge in [0.25, 0.3) is 0 Å². The highest BCUT2D eigenvalue weighted by molar-refractivity contribution is 5.76. The summed E-state index contributed by atoms with van der Waals surface area (Å²) in [4.78, 5) is 4.18. The molecular formula is C10H13N3O. The van der Waals surface area contributed by atoms with E-state index < -0.39 is 0 Å². The molecule has 0 N–H and O–H groups in total. The van der Waals surface area contributed by atoms with Crippen molar-refractivity contribution in [1.82, 2.24) is 15.2 Å². The molecule has 0 aliphatic carbocycles. The predicted molar refractivity (Wildman–Crippen MR) is 53.0 cm³/mol. The number of aromatic nitrogens is 3. The third-order valence-electron chi connectivity index (χ3n) is 2.53. The van der Waals surface area contributed by atoms with E-state index in [-0.39, 0.29) is 0 Å². The van der Waals surface area contributed by atoms with Crippen LogP contribution in [0, 0.1) is 6.92 Å². The molecule has 0 spiro atoms. The van der Waals surface area contributed by atoms with Crippen LogP contribution in [0.2, 0.25) is 0 Å². The van der Waals surface area contributed by atoms with Gasteiger partial charge in [-0.1, -0.05) is 13.8 Å². The van der Waals surface area contributed by atoms with Crippen molar-refractivity contribution in [1.29, 1.82) is 0 Å². The van der Waals surface area contributed by atoms with Crippen molar-refractivity contribution in [2.45, 2.75) is 33.1 Å². The number of hydrogen-bond donors (Lipinski definition) is 0. The third kappa shape index (κ3) is 1.27. The maximum atomic E-state index is 5.27. The molecule has 0 aromatic carbocycles. The van der Waals surface area contributed by atoms with Gasteiger partial charge >= 0.3 is 0 Å². The van der Waals surface area contributed by atoms with Gasteiger partial charge in [-0.05, 0) is 13.3 Å². The average molecular weight is 191 g/mol. The van der Waals surface area contributed by atoms with Gasteiger partial charge in [-0.3, -0.25) is 0 Å². The summed E-state index contributed by atoms with van der Waals surface area (Å²) in [5, 5.41) is 8.24. The predicted octanol–water partition coefficient (Wildman–Crippen LogP) is 2.44. The summed E-state index contributed by atoms with van der Waals surface area (Å²) < 4.78 is 5.27. The summed E-state index contributed by atoms with van der Waals surface area (Å²) >= 11 is 0. The van der Waals surface area contributed by atoms with Gasteiger partial charge in [-0.2, -0.15) is 10.2 Å². The summed E-state index contributed by atoms with van der Waals surface area (Å²) in [6, 6.07) is 0. The van der Waals surface area contributed by atoms with Crippen LogP contribution < -0.4 is 0 Å². The second-order valence-corrected chi connectivity index (χ2v) is 3.51. The lowest BCUT2D eigenvalue weighted by Crippen LogP contribution is -2.00. The molecule has 2 heterocycles. The fraction of sp³-hybridized carbons (Fsp3) is 0.500. The number of rotatable bonds is 2. The van der Waals surface area contributed by atoms with E-state index in [0.29, 0.717) is 5.92 Å². The fourth-order valence-corrected chi connectivity index (χ4v) is 1.43. The summed E-state index contributed by atoms with van der Waals surface area (Å²) in [6.07, 6.45) is 2.48. The highest BCUT2D eigenvalue weighted by Gasteiger charge is 2.15. The first-order valence-electron chi connectivity index (χ1n) is 4.80. The molecule has 0 saturated carbocycles. The number of nitrogens with zero attached hydrogens (tertiary/aromatic N) is 3. The van der Waals surface area contributed by atoms with E-state index in [1.165, 1.54) is 6.39 Å². The molecule has 1 unspecified atom stereocenters. The molecule has 0 fully saturated rings. The van der Waals surface area contributed by atoms with E-state index in [9.17, 15) is 0 Å². The molecule has 2 aromatic rings. The van der Waals surface area contributed by atoms with Crippen LogP contribution in [-0.4, -0.2) is 15.2 Å². The van der Waals surface area contributed by atoms with Gasteiger partial charge in [-0.15, -0.1) is 0 Å². The van der Waals surface area contributed by atoms with Crippen LogP contribution in [-0.2, 0) is 0 Å². The molecule has 0 aliphatic heterocycles. The van der Waals surface area contributed by atoms with Crippen molar-refractivity contribution in [2.75, 3.05) is 0 Å². The molecule has 0 aliphatic rings. The maximum absolute atomic E-state index is 5.27. The lowest BCUT2D eigenvalue weighted by molar-refractivity contribution is 0.595. The smallest absolute Gasteiger partial charge is 0.182 e. The van der Waals surface area contributed by atoms with E-state index in [0.717, 1.165) is 28.9 Å². The normalized spacial score (nSPS) is 13.4. The van der Waals surface area contributed by atoms with Crippen molar-refractivity contribution in [2.24, 2.45) is 0 Å². The Hall–Kier alpha value is -1.45. The van der Waals surface area contributed by atoms with Crippen LogP contribution in [0.1, 0.15) is 37.6 Å². The van der Waals surface area contributed by atoms with Crippen LogP contribution >= 0.6 is 0 Å². The Morgan fingerprint density at radius 1 is 1.43 bits per heavy atom. The van der Waals surface area contributed by atoms with Crippen molar-refractivity contribution >= 4 is 11.1 Å². The first-order valence-corrected chi connectivity index (χ1v) is 4.80. The molecular weight excluding hydrogens is 178 g/mol. The zero-order valence-corrected chi connectivity index (χ0v) is 8.61. The summed E-state index contributed by atoms with van der Waals surface area (Å²) in [7, 11) is 0. The van der Waals surface area contributed by atoms with Gasteiger partial charge in [0, 0.05) is 5.92 Å². The van der Waals surface area contributed by atoms with Gasteiger partial charge in [0.05, 0.1) is 5.69 Å². The summed E-state index contributed by atoms with van der Waals surface area (Å²) in [5.41, 5.74) is 3.34. The lowest BCUT2D eigenvalue weighted by Gasteiger charge is -2.06. The van der Waals surface area contributed by atoms with Crippen LogP contribution in [0.15, 0.2) is 10.8 Å². The van der Waals surface area contributed by atoms with Gasteiger partial charge in [0.15, 0.2) is 12.0 Å². The molecule has 4 nitrogen and oxygen atoms in total. The van der Waals surface area contributed by atoms with E-state index in [1.54, 1.807) is 0 Å². The standard InChI is InChI=1S/C10H13N3O/c1-4-6(2)8-9-10(14-5-11-9)7(3)12-13-8/h5-6H,4H2,1-3H3. The molecule has 4 heteroatoms. The van der Waals surface area contributed by atoms with Crippen molar-refractivity contribution in [3.63, 3.8) is 0 Å².